The number of phenolic OH excluding ortho intramolecular Hbond substituents is 1. The van der Waals surface area contributed by atoms with Crippen LogP contribution in [0, 0.1) is 32.1 Å². The molecule has 144 valence electrons. The highest BCUT2D eigenvalue weighted by Gasteiger charge is 2.05. The second-order valence-electron chi connectivity index (χ2n) is 6.86. The van der Waals surface area contributed by atoms with Gasteiger partial charge < -0.3 is 10.1 Å². The molecule has 0 unspecified atom stereocenters. The first-order chi connectivity index (χ1) is 14.0. The minimum atomic E-state index is 0.332. The first-order valence-corrected chi connectivity index (χ1v) is 9.35. The Bertz CT molecular complexity index is 1200. The van der Waals surface area contributed by atoms with Crippen molar-refractivity contribution in [3.05, 3.63) is 94.4 Å². The molecule has 0 fully saturated rings. The van der Waals surface area contributed by atoms with E-state index in [1.807, 2.05) is 68.6 Å². The number of pyridine rings is 1. The molecule has 4 aromatic rings. The Morgan fingerprint density at radius 3 is 2.48 bits per heavy atom. The van der Waals surface area contributed by atoms with Crippen LogP contribution in [0.2, 0.25) is 0 Å². The molecule has 2 N–H and O–H groups in total. The van der Waals surface area contributed by atoms with Crippen molar-refractivity contribution in [3.63, 3.8) is 0 Å². The number of benzene rings is 2. The van der Waals surface area contributed by atoms with Gasteiger partial charge in [0.15, 0.2) is 0 Å². The van der Waals surface area contributed by atoms with Gasteiger partial charge in [0, 0.05) is 24.0 Å². The van der Waals surface area contributed by atoms with E-state index in [1.54, 1.807) is 18.5 Å². The van der Waals surface area contributed by atoms with Crippen molar-refractivity contribution < 1.29 is 5.11 Å². The van der Waals surface area contributed by atoms with E-state index in [0.29, 0.717) is 11.3 Å². The molecule has 0 saturated heterocycles. The molecule has 0 saturated carbocycles. The molecule has 4 heteroatoms. The molecule has 29 heavy (non-hydrogen) atoms. The number of hydrogen-bond donors (Lipinski definition) is 2. The molecule has 2 aromatic carbocycles. The van der Waals surface area contributed by atoms with Crippen molar-refractivity contribution in [1.29, 1.82) is 5.26 Å². The summed E-state index contributed by atoms with van der Waals surface area (Å²) >= 11 is 0. The van der Waals surface area contributed by atoms with Crippen LogP contribution in [-0.2, 0) is 0 Å². The van der Waals surface area contributed by atoms with Gasteiger partial charge in [-0.2, -0.15) is 5.26 Å². The van der Waals surface area contributed by atoms with E-state index in [1.165, 1.54) is 5.56 Å². The highest BCUT2D eigenvalue weighted by Crippen LogP contribution is 2.28. The lowest BCUT2D eigenvalue weighted by atomic mass is 10.1. The van der Waals surface area contributed by atoms with E-state index < -0.39 is 0 Å². The minimum absolute atomic E-state index is 0.332. The van der Waals surface area contributed by atoms with Crippen molar-refractivity contribution in [2.75, 3.05) is 0 Å². The van der Waals surface area contributed by atoms with E-state index in [2.05, 4.69) is 23.0 Å². The third kappa shape index (κ3) is 4.53. The number of nitrogens with one attached hydrogen (secondary N) is 1. The fraction of sp³-hybridized carbons (Fsp3) is 0.120. The third-order valence-corrected chi connectivity index (χ3v) is 4.98. The molecule has 4 rings (SSSR count). The number of aromatic amines is 1. The van der Waals surface area contributed by atoms with Crippen LogP contribution in [0.1, 0.15) is 33.4 Å². The Labute approximate surface area is 170 Å². The lowest BCUT2D eigenvalue weighted by Gasteiger charge is -2.03. The number of H-pyrrole nitrogens is 1. The van der Waals surface area contributed by atoms with Crippen LogP contribution in [0.3, 0.4) is 0 Å². The Morgan fingerprint density at radius 1 is 1.00 bits per heavy atom. The maximum atomic E-state index is 9.53. The average Bonchev–Trinajstić information content (AvgIpc) is 3.23. The number of hydrogen-bond acceptors (Lipinski definition) is 3. The molecule has 0 aliphatic rings. The van der Waals surface area contributed by atoms with Gasteiger partial charge in [0.25, 0.3) is 0 Å². The summed E-state index contributed by atoms with van der Waals surface area (Å²) in [7, 11) is 0. The minimum Gasteiger partial charge on any atom is -0.506 e. The molecule has 0 aliphatic carbocycles. The van der Waals surface area contributed by atoms with Gasteiger partial charge in [-0.05, 0) is 60.7 Å². The van der Waals surface area contributed by atoms with Gasteiger partial charge in [0.1, 0.15) is 11.8 Å². The van der Waals surface area contributed by atoms with Crippen molar-refractivity contribution >= 4 is 23.1 Å². The number of fused-ring (bicyclic) bond motifs is 1. The first kappa shape index (κ1) is 19.9. The smallest absolute Gasteiger partial charge is 0.139 e. The third-order valence-electron chi connectivity index (χ3n) is 4.98. The quantitative estimate of drug-likeness (QED) is 0.452. The summed E-state index contributed by atoms with van der Waals surface area (Å²) < 4.78 is 0. The molecular weight excluding hydrogens is 358 g/mol. The van der Waals surface area contributed by atoms with Gasteiger partial charge >= 0.3 is 0 Å². The van der Waals surface area contributed by atoms with Crippen molar-refractivity contribution in [3.8, 4) is 11.8 Å². The zero-order valence-electron chi connectivity index (χ0n) is 16.8. The number of aryl methyl sites for hydroxylation is 2. The van der Waals surface area contributed by atoms with Gasteiger partial charge in [-0.3, -0.25) is 4.98 Å². The zero-order valence-corrected chi connectivity index (χ0v) is 16.8. The molecule has 2 aromatic heterocycles. The number of aromatic nitrogens is 2. The average molecular weight is 381 g/mol. The SMILES string of the molecule is Cc1c(C#N)cncc1/C=C/c1ccccc1.Cc1cc(O)c2[nH]ccc2c1C. The topological polar surface area (TPSA) is 72.7 Å². The van der Waals surface area contributed by atoms with Crippen LogP contribution in [0.5, 0.6) is 5.75 Å². The van der Waals surface area contributed by atoms with Crippen LogP contribution in [-0.4, -0.2) is 15.1 Å². The summed E-state index contributed by atoms with van der Waals surface area (Å²) in [6, 6.07) is 16.0. The summed E-state index contributed by atoms with van der Waals surface area (Å²) in [5, 5.41) is 19.6. The van der Waals surface area contributed by atoms with Gasteiger partial charge in [-0.1, -0.05) is 42.5 Å². The number of nitriles is 1. The highest BCUT2D eigenvalue weighted by atomic mass is 16.3. The van der Waals surface area contributed by atoms with Crippen LogP contribution in [0.25, 0.3) is 23.1 Å². The van der Waals surface area contributed by atoms with E-state index in [4.69, 9.17) is 5.26 Å². The maximum absolute atomic E-state index is 9.53. The van der Waals surface area contributed by atoms with Gasteiger partial charge in [0.05, 0.1) is 11.1 Å². The Hall–Kier alpha value is -3.84. The zero-order chi connectivity index (χ0) is 20.8. The van der Waals surface area contributed by atoms with Crippen molar-refractivity contribution in [2.45, 2.75) is 20.8 Å². The Kier molecular flexibility index (Phi) is 6.11. The monoisotopic (exact) mass is 381 g/mol. The van der Waals surface area contributed by atoms with E-state index >= 15 is 0 Å². The van der Waals surface area contributed by atoms with Gasteiger partial charge in [0.2, 0.25) is 0 Å². The van der Waals surface area contributed by atoms with Crippen LogP contribution in [0.4, 0.5) is 0 Å². The fourth-order valence-electron chi connectivity index (χ4n) is 3.06. The predicted molar refractivity (Wildman–Crippen MR) is 118 cm³/mol. The summed E-state index contributed by atoms with van der Waals surface area (Å²) in [5.74, 6) is 0.332. The first-order valence-electron chi connectivity index (χ1n) is 9.35. The molecule has 0 amide bonds. The van der Waals surface area contributed by atoms with E-state index in [9.17, 15) is 5.11 Å². The number of phenols is 1. The van der Waals surface area contributed by atoms with Crippen molar-refractivity contribution in [2.24, 2.45) is 0 Å². The van der Waals surface area contributed by atoms with E-state index in [0.717, 1.165) is 33.2 Å². The standard InChI is InChI=1S/C15H12N2.C10H11NO/c1-12-14(10-17-11-15(12)9-16)8-7-13-5-3-2-4-6-13;1-6-5-9(12)10-8(7(6)2)3-4-11-10/h2-8,10-11H,1H3;3-5,11-12H,1-2H3/b8-7+;. The van der Waals surface area contributed by atoms with Crippen LogP contribution >= 0.6 is 0 Å². The van der Waals surface area contributed by atoms with Crippen LogP contribution < -0.4 is 0 Å². The second kappa shape index (κ2) is 8.90. The highest BCUT2D eigenvalue weighted by molar-refractivity contribution is 5.88. The summed E-state index contributed by atoms with van der Waals surface area (Å²) in [6.45, 7) is 6.00. The maximum Gasteiger partial charge on any atom is 0.139 e. The molecule has 0 atom stereocenters. The Balaban J connectivity index is 0.000000176. The number of nitrogens with zero attached hydrogens (tertiary/aromatic N) is 2. The Morgan fingerprint density at radius 2 is 1.76 bits per heavy atom. The van der Waals surface area contributed by atoms with Crippen molar-refractivity contribution in [1.82, 2.24) is 9.97 Å². The molecular formula is C25H23N3O. The van der Waals surface area contributed by atoms with Gasteiger partial charge in [-0.15, -0.1) is 0 Å². The molecule has 4 nitrogen and oxygen atoms in total. The number of rotatable bonds is 2. The summed E-state index contributed by atoms with van der Waals surface area (Å²) in [6.07, 6.45) is 9.21. The molecule has 0 bridgehead atoms. The normalized spacial score (nSPS) is 10.6. The van der Waals surface area contributed by atoms with Gasteiger partial charge in [-0.25, -0.2) is 0 Å². The molecule has 0 spiro atoms. The van der Waals surface area contributed by atoms with Crippen LogP contribution in [0.15, 0.2) is 61.1 Å². The molecule has 2 heterocycles. The molecule has 0 radical (unpaired) electrons. The number of aromatic hydroxyl groups is 1. The summed E-state index contributed by atoms with van der Waals surface area (Å²) in [5.41, 5.74) is 6.89. The largest absolute Gasteiger partial charge is 0.506 e. The predicted octanol–water partition coefficient (Wildman–Crippen LogP) is 5.92. The molecule has 0 aliphatic heterocycles. The fourth-order valence-corrected chi connectivity index (χ4v) is 3.06. The second-order valence-corrected chi connectivity index (χ2v) is 6.86. The van der Waals surface area contributed by atoms with E-state index in [-0.39, 0.29) is 0 Å². The lowest BCUT2D eigenvalue weighted by molar-refractivity contribution is 0.480. The lowest BCUT2D eigenvalue weighted by Crippen LogP contribution is -1.88. The summed E-state index contributed by atoms with van der Waals surface area (Å²) in [4.78, 5) is 7.06.